The number of ketones is 2. The van der Waals surface area contributed by atoms with Gasteiger partial charge in [-0.05, 0) is 35.0 Å². The highest BCUT2D eigenvalue weighted by molar-refractivity contribution is 6.52. The molecule has 8 heteroatoms. The summed E-state index contributed by atoms with van der Waals surface area (Å²) in [5.41, 5.74) is 0.196. The number of carbonyl (C=O) groups excluding carboxylic acids is 3. The molecule has 0 atom stereocenters. The van der Waals surface area contributed by atoms with Crippen molar-refractivity contribution in [2.24, 2.45) is 0 Å². The maximum atomic E-state index is 12.7. The standard InChI is InChI=1S/C21H12F3NO4/c22-21(23,24)29-15-7-8-17-16(10-15)19(27)20(28)25(17)11-18(26)14-6-5-12-3-1-2-4-13(12)9-14/h1-10H,11H2. The molecule has 0 aromatic heterocycles. The zero-order valence-electron chi connectivity index (χ0n) is 14.7. The molecular weight excluding hydrogens is 387 g/mol. The molecule has 1 aliphatic rings. The molecule has 1 aliphatic heterocycles. The van der Waals surface area contributed by atoms with E-state index in [1.165, 1.54) is 0 Å². The second-order valence-corrected chi connectivity index (χ2v) is 6.43. The number of hydrogen-bond acceptors (Lipinski definition) is 4. The van der Waals surface area contributed by atoms with Crippen LogP contribution in [0.2, 0.25) is 0 Å². The molecule has 0 saturated heterocycles. The minimum Gasteiger partial charge on any atom is -0.406 e. The highest BCUT2D eigenvalue weighted by Gasteiger charge is 2.38. The van der Waals surface area contributed by atoms with Crippen LogP contribution in [-0.4, -0.2) is 30.4 Å². The molecule has 3 aromatic carbocycles. The van der Waals surface area contributed by atoms with Crippen LogP contribution in [-0.2, 0) is 4.79 Å². The summed E-state index contributed by atoms with van der Waals surface area (Å²) >= 11 is 0. The van der Waals surface area contributed by atoms with E-state index in [1.54, 1.807) is 18.2 Å². The number of nitrogens with zero attached hydrogens (tertiary/aromatic N) is 1. The summed E-state index contributed by atoms with van der Waals surface area (Å²) in [5.74, 6) is -2.97. The molecule has 146 valence electrons. The molecule has 0 saturated carbocycles. The van der Waals surface area contributed by atoms with Gasteiger partial charge in [-0.25, -0.2) is 0 Å². The maximum Gasteiger partial charge on any atom is 0.573 e. The van der Waals surface area contributed by atoms with Crippen molar-refractivity contribution < 1.29 is 32.3 Å². The largest absolute Gasteiger partial charge is 0.573 e. The Bertz CT molecular complexity index is 1170. The Kier molecular flexibility index (Phi) is 4.34. The molecule has 0 spiro atoms. The molecule has 0 bridgehead atoms. The monoisotopic (exact) mass is 399 g/mol. The van der Waals surface area contributed by atoms with Gasteiger partial charge in [0.05, 0.1) is 17.8 Å². The number of hydrogen-bond donors (Lipinski definition) is 0. The van der Waals surface area contributed by atoms with Gasteiger partial charge in [0.2, 0.25) is 0 Å². The number of anilines is 1. The Morgan fingerprint density at radius 2 is 1.66 bits per heavy atom. The molecule has 29 heavy (non-hydrogen) atoms. The van der Waals surface area contributed by atoms with Gasteiger partial charge in [0.25, 0.3) is 11.7 Å². The first-order valence-electron chi connectivity index (χ1n) is 8.51. The smallest absolute Gasteiger partial charge is 0.406 e. The lowest BCUT2D eigenvalue weighted by molar-refractivity contribution is -0.274. The number of ether oxygens (including phenoxy) is 1. The predicted molar refractivity (Wildman–Crippen MR) is 98.1 cm³/mol. The first-order valence-corrected chi connectivity index (χ1v) is 8.51. The number of rotatable bonds is 4. The Balaban J connectivity index is 1.61. The van der Waals surface area contributed by atoms with Gasteiger partial charge in [-0.15, -0.1) is 13.2 Å². The Labute approximate surface area is 162 Å². The first kappa shape index (κ1) is 18.7. The lowest BCUT2D eigenvalue weighted by Crippen LogP contribution is -2.34. The van der Waals surface area contributed by atoms with E-state index in [1.807, 2.05) is 24.3 Å². The van der Waals surface area contributed by atoms with Crippen LogP contribution < -0.4 is 9.64 Å². The predicted octanol–water partition coefficient (Wildman–Crippen LogP) is 4.15. The quantitative estimate of drug-likeness (QED) is 0.488. The molecule has 3 aromatic rings. The van der Waals surface area contributed by atoms with Gasteiger partial charge >= 0.3 is 6.36 Å². The zero-order valence-corrected chi connectivity index (χ0v) is 14.7. The van der Waals surface area contributed by atoms with E-state index in [2.05, 4.69) is 4.74 Å². The molecule has 1 amide bonds. The molecule has 5 nitrogen and oxygen atoms in total. The number of carbonyl (C=O) groups is 3. The van der Waals surface area contributed by atoms with Gasteiger partial charge in [0.1, 0.15) is 5.75 Å². The third kappa shape index (κ3) is 3.56. The second kappa shape index (κ2) is 6.73. The minimum atomic E-state index is -4.92. The van der Waals surface area contributed by atoms with Gasteiger partial charge in [-0.1, -0.05) is 36.4 Å². The number of alkyl halides is 3. The Morgan fingerprint density at radius 3 is 2.38 bits per heavy atom. The van der Waals surface area contributed by atoms with Gasteiger partial charge in [-0.3, -0.25) is 19.3 Å². The van der Waals surface area contributed by atoms with E-state index in [0.717, 1.165) is 33.9 Å². The van der Waals surface area contributed by atoms with Crippen molar-refractivity contribution >= 4 is 33.9 Å². The summed E-state index contributed by atoms with van der Waals surface area (Å²) in [4.78, 5) is 38.1. The second-order valence-electron chi connectivity index (χ2n) is 6.43. The van der Waals surface area contributed by atoms with E-state index in [9.17, 15) is 27.6 Å². The van der Waals surface area contributed by atoms with Crippen molar-refractivity contribution in [1.29, 1.82) is 0 Å². The summed E-state index contributed by atoms with van der Waals surface area (Å²) in [6.45, 7) is -0.407. The van der Waals surface area contributed by atoms with Crippen molar-refractivity contribution in [2.45, 2.75) is 6.36 Å². The van der Waals surface area contributed by atoms with Crippen LogP contribution in [0.4, 0.5) is 18.9 Å². The van der Waals surface area contributed by atoms with Gasteiger partial charge in [-0.2, -0.15) is 0 Å². The molecule has 0 radical (unpaired) electrons. The number of benzene rings is 3. The highest BCUT2D eigenvalue weighted by atomic mass is 19.4. The summed E-state index contributed by atoms with van der Waals surface area (Å²) in [6.07, 6.45) is -4.92. The fraction of sp³-hybridized carbons (Fsp3) is 0.0952. The fourth-order valence-electron chi connectivity index (χ4n) is 3.23. The lowest BCUT2D eigenvalue weighted by Gasteiger charge is -2.16. The van der Waals surface area contributed by atoms with Crippen molar-refractivity contribution in [3.05, 3.63) is 71.8 Å². The zero-order chi connectivity index (χ0) is 20.8. The van der Waals surface area contributed by atoms with E-state index in [4.69, 9.17) is 0 Å². The van der Waals surface area contributed by atoms with Gasteiger partial charge in [0, 0.05) is 5.56 Å². The Morgan fingerprint density at radius 1 is 0.931 bits per heavy atom. The average Bonchev–Trinajstić information content (AvgIpc) is 2.91. The SMILES string of the molecule is O=C(CN1C(=O)C(=O)c2cc(OC(F)(F)F)ccc21)c1ccc2ccccc2c1. The lowest BCUT2D eigenvalue weighted by atomic mass is 10.0. The number of fused-ring (bicyclic) bond motifs is 2. The maximum absolute atomic E-state index is 12.7. The van der Waals surface area contributed by atoms with E-state index >= 15 is 0 Å². The van der Waals surface area contributed by atoms with Crippen LogP contribution in [0, 0.1) is 0 Å². The fourth-order valence-corrected chi connectivity index (χ4v) is 3.23. The summed E-state index contributed by atoms with van der Waals surface area (Å²) < 4.78 is 40.9. The molecule has 1 heterocycles. The Hall–Kier alpha value is -3.68. The molecule has 0 N–H and O–H groups in total. The summed E-state index contributed by atoms with van der Waals surface area (Å²) in [6, 6.07) is 15.5. The summed E-state index contributed by atoms with van der Waals surface area (Å²) in [5, 5.41) is 1.79. The number of halogens is 3. The average molecular weight is 399 g/mol. The van der Waals surface area contributed by atoms with Crippen LogP contribution in [0.3, 0.4) is 0 Å². The summed E-state index contributed by atoms with van der Waals surface area (Å²) in [7, 11) is 0. The van der Waals surface area contributed by atoms with Crippen LogP contribution >= 0.6 is 0 Å². The molecule has 0 aliphatic carbocycles. The van der Waals surface area contributed by atoms with Crippen molar-refractivity contribution in [1.82, 2.24) is 0 Å². The highest BCUT2D eigenvalue weighted by Crippen LogP contribution is 2.34. The molecule has 4 rings (SSSR count). The normalized spacial score (nSPS) is 13.7. The molecule has 0 fully saturated rings. The van der Waals surface area contributed by atoms with Crippen molar-refractivity contribution in [3.63, 3.8) is 0 Å². The number of amides is 1. The number of Topliss-reactive ketones (excluding diaryl/α,β-unsaturated/α-hetero) is 2. The van der Waals surface area contributed by atoms with E-state index in [0.29, 0.717) is 5.56 Å². The van der Waals surface area contributed by atoms with Crippen LogP contribution in [0.1, 0.15) is 20.7 Å². The van der Waals surface area contributed by atoms with E-state index < -0.39 is 36.1 Å². The van der Waals surface area contributed by atoms with Crippen LogP contribution in [0.25, 0.3) is 10.8 Å². The molecule has 0 unspecified atom stereocenters. The van der Waals surface area contributed by atoms with Crippen LogP contribution in [0.5, 0.6) is 5.75 Å². The van der Waals surface area contributed by atoms with Crippen LogP contribution in [0.15, 0.2) is 60.7 Å². The van der Waals surface area contributed by atoms with E-state index in [-0.39, 0.29) is 11.3 Å². The minimum absolute atomic E-state index is 0.0728. The molecular formula is C21H12F3NO4. The third-order valence-corrected chi connectivity index (χ3v) is 4.55. The van der Waals surface area contributed by atoms with Gasteiger partial charge < -0.3 is 4.74 Å². The first-order chi connectivity index (χ1) is 13.7. The topological polar surface area (TPSA) is 63.7 Å². The third-order valence-electron chi connectivity index (χ3n) is 4.55. The van der Waals surface area contributed by atoms with Gasteiger partial charge in [0.15, 0.2) is 5.78 Å². The van der Waals surface area contributed by atoms with Crippen molar-refractivity contribution in [2.75, 3.05) is 11.4 Å². The van der Waals surface area contributed by atoms with Crippen molar-refractivity contribution in [3.8, 4) is 5.75 Å².